The summed E-state index contributed by atoms with van der Waals surface area (Å²) in [5.74, 6) is -2.57. The predicted octanol–water partition coefficient (Wildman–Crippen LogP) is 5.46. The van der Waals surface area contributed by atoms with E-state index in [-0.39, 0.29) is 17.2 Å². The zero-order valence-electron chi connectivity index (χ0n) is 17.2. The Morgan fingerprint density at radius 1 is 1.29 bits per heavy atom. The number of halogens is 2. The molecular weight excluding hydrogens is 398 g/mol. The summed E-state index contributed by atoms with van der Waals surface area (Å²) in [6, 6.07) is 9.71. The minimum absolute atomic E-state index is 0.0316. The lowest BCUT2D eigenvalue weighted by Gasteiger charge is -2.41. The van der Waals surface area contributed by atoms with Crippen molar-refractivity contribution in [2.24, 2.45) is 0 Å². The Hall–Kier alpha value is -3.25. The van der Waals surface area contributed by atoms with Crippen LogP contribution >= 0.6 is 0 Å². The Morgan fingerprint density at radius 3 is 2.68 bits per heavy atom. The summed E-state index contributed by atoms with van der Waals surface area (Å²) >= 11 is 0. The van der Waals surface area contributed by atoms with Gasteiger partial charge >= 0.3 is 5.97 Å². The van der Waals surface area contributed by atoms with Gasteiger partial charge in [0.25, 0.3) is 0 Å². The highest BCUT2D eigenvalue weighted by molar-refractivity contribution is 5.86. The third-order valence-corrected chi connectivity index (χ3v) is 5.90. The second kappa shape index (κ2) is 8.47. The molecule has 2 heterocycles. The van der Waals surface area contributed by atoms with Gasteiger partial charge in [-0.15, -0.1) is 6.58 Å². The van der Waals surface area contributed by atoms with E-state index < -0.39 is 23.6 Å². The number of carboxylic acids is 1. The molecule has 0 saturated carbocycles. The van der Waals surface area contributed by atoms with Gasteiger partial charge in [0.05, 0.1) is 6.04 Å². The topological polar surface area (TPSA) is 56.3 Å². The Balaban J connectivity index is 1.89. The molecule has 160 valence electrons. The number of fused-ring (bicyclic) bond motifs is 3. The van der Waals surface area contributed by atoms with Gasteiger partial charge in [-0.25, -0.2) is 13.6 Å². The number of benzene rings is 2. The normalized spacial score (nSPS) is 19.1. The number of para-hydroxylation sites is 1. The molecule has 1 aromatic heterocycles. The average molecular weight is 422 g/mol. The van der Waals surface area contributed by atoms with Gasteiger partial charge < -0.3 is 10.1 Å². The van der Waals surface area contributed by atoms with Crippen molar-refractivity contribution >= 4 is 22.9 Å². The first-order valence-corrected chi connectivity index (χ1v) is 10.3. The third-order valence-electron chi connectivity index (χ3n) is 5.90. The molecule has 2 atom stereocenters. The molecular formula is C25H24F2N2O2. The fraction of sp³-hybridized carbons (Fsp3) is 0.240. The second-order valence-electron chi connectivity index (χ2n) is 7.90. The van der Waals surface area contributed by atoms with Crippen molar-refractivity contribution < 1.29 is 18.7 Å². The predicted molar refractivity (Wildman–Crippen MR) is 118 cm³/mol. The number of H-pyrrole nitrogens is 1. The molecule has 1 aliphatic rings. The van der Waals surface area contributed by atoms with Gasteiger partial charge in [0, 0.05) is 40.8 Å². The number of carbonyl (C=O) groups is 1. The van der Waals surface area contributed by atoms with Crippen LogP contribution in [0.1, 0.15) is 41.8 Å². The summed E-state index contributed by atoms with van der Waals surface area (Å²) < 4.78 is 30.6. The molecule has 2 aromatic carbocycles. The standard InChI is InChI=1S/C25H24F2N2O2/c1-3-4-11-29-15(2)12-18-17-7-5-6-8-21(17)28-24(18)25(29)23-19(26)13-16(14-20(23)27)9-10-22(30)31/h3,5-10,13-15,25,28H,1,4,11-12H2,2H3,(H,30,31)/b10-9+/t15-,25+/m1/s1. The largest absolute Gasteiger partial charge is 0.478 e. The summed E-state index contributed by atoms with van der Waals surface area (Å²) in [6.45, 7) is 6.47. The van der Waals surface area contributed by atoms with Gasteiger partial charge in [0.1, 0.15) is 11.6 Å². The minimum atomic E-state index is -1.18. The Bertz CT molecular complexity index is 1160. The van der Waals surface area contributed by atoms with Crippen LogP contribution in [0.3, 0.4) is 0 Å². The molecule has 0 unspecified atom stereocenters. The van der Waals surface area contributed by atoms with Gasteiger partial charge in [-0.3, -0.25) is 4.90 Å². The molecule has 0 radical (unpaired) electrons. The van der Waals surface area contributed by atoms with Crippen LogP contribution in [0.25, 0.3) is 17.0 Å². The van der Waals surface area contributed by atoms with E-state index in [4.69, 9.17) is 5.11 Å². The average Bonchev–Trinajstić information content (AvgIpc) is 3.09. The fourth-order valence-corrected chi connectivity index (χ4v) is 4.54. The lowest BCUT2D eigenvalue weighted by Crippen LogP contribution is -2.43. The van der Waals surface area contributed by atoms with Crippen LogP contribution in [-0.4, -0.2) is 33.5 Å². The van der Waals surface area contributed by atoms with Crippen molar-refractivity contribution in [1.29, 1.82) is 0 Å². The highest BCUT2D eigenvalue weighted by Crippen LogP contribution is 2.42. The lowest BCUT2D eigenvalue weighted by atomic mass is 9.87. The molecule has 4 rings (SSSR count). The van der Waals surface area contributed by atoms with Crippen LogP contribution in [0, 0.1) is 11.6 Å². The van der Waals surface area contributed by atoms with E-state index in [1.54, 1.807) is 6.08 Å². The van der Waals surface area contributed by atoms with Gasteiger partial charge in [0.15, 0.2) is 0 Å². The first-order valence-electron chi connectivity index (χ1n) is 10.3. The zero-order valence-corrected chi connectivity index (χ0v) is 17.2. The van der Waals surface area contributed by atoms with Crippen molar-refractivity contribution in [1.82, 2.24) is 9.88 Å². The first-order chi connectivity index (χ1) is 14.9. The van der Waals surface area contributed by atoms with E-state index in [1.807, 2.05) is 24.3 Å². The number of hydrogen-bond donors (Lipinski definition) is 2. The summed E-state index contributed by atoms with van der Waals surface area (Å²) in [4.78, 5) is 16.3. The molecule has 1 aliphatic heterocycles. The van der Waals surface area contributed by atoms with Crippen LogP contribution in [0.15, 0.2) is 55.1 Å². The van der Waals surface area contributed by atoms with Crippen molar-refractivity contribution in [3.8, 4) is 0 Å². The number of aliphatic carboxylic acids is 1. The SMILES string of the molecule is C=CCCN1[C@@H](c2c(F)cc(/C=C/C(=O)O)cc2F)c2[nH]c3ccccc3c2C[C@H]1C. The molecule has 3 aromatic rings. The minimum Gasteiger partial charge on any atom is -0.478 e. The maximum Gasteiger partial charge on any atom is 0.328 e. The van der Waals surface area contributed by atoms with E-state index in [0.29, 0.717) is 13.0 Å². The first kappa shape index (κ1) is 21.0. The van der Waals surface area contributed by atoms with Crippen molar-refractivity contribution in [3.05, 3.63) is 89.1 Å². The number of nitrogens with one attached hydrogen (secondary N) is 1. The van der Waals surface area contributed by atoms with Crippen LogP contribution in [0.2, 0.25) is 0 Å². The van der Waals surface area contributed by atoms with Crippen molar-refractivity contribution in [2.45, 2.75) is 31.8 Å². The van der Waals surface area contributed by atoms with E-state index in [0.717, 1.165) is 34.7 Å². The summed E-state index contributed by atoms with van der Waals surface area (Å²) in [7, 11) is 0. The van der Waals surface area contributed by atoms with Crippen LogP contribution in [0.5, 0.6) is 0 Å². The summed E-state index contributed by atoms with van der Waals surface area (Å²) in [5.41, 5.74) is 2.96. The highest BCUT2D eigenvalue weighted by Gasteiger charge is 2.38. The van der Waals surface area contributed by atoms with Crippen LogP contribution in [0.4, 0.5) is 8.78 Å². The molecule has 0 amide bonds. The van der Waals surface area contributed by atoms with E-state index in [1.165, 1.54) is 18.2 Å². The highest BCUT2D eigenvalue weighted by atomic mass is 19.1. The maximum atomic E-state index is 15.3. The fourth-order valence-electron chi connectivity index (χ4n) is 4.54. The molecule has 0 spiro atoms. The molecule has 0 saturated heterocycles. The van der Waals surface area contributed by atoms with E-state index in [2.05, 4.69) is 23.4 Å². The maximum absolute atomic E-state index is 15.3. The molecule has 0 fully saturated rings. The quantitative estimate of drug-likeness (QED) is 0.410. The second-order valence-corrected chi connectivity index (χ2v) is 7.90. The molecule has 31 heavy (non-hydrogen) atoms. The lowest BCUT2D eigenvalue weighted by molar-refractivity contribution is -0.131. The van der Waals surface area contributed by atoms with E-state index >= 15 is 8.78 Å². The number of rotatable bonds is 6. The Labute approximate surface area is 179 Å². The van der Waals surface area contributed by atoms with Gasteiger partial charge in [-0.1, -0.05) is 24.3 Å². The molecule has 4 nitrogen and oxygen atoms in total. The Kier molecular flexibility index (Phi) is 5.74. The number of aromatic amines is 1. The smallest absolute Gasteiger partial charge is 0.328 e. The summed E-state index contributed by atoms with van der Waals surface area (Å²) in [5, 5.41) is 9.87. The van der Waals surface area contributed by atoms with Gasteiger partial charge in [-0.2, -0.15) is 0 Å². The van der Waals surface area contributed by atoms with Gasteiger partial charge in [-0.05, 0) is 55.2 Å². The number of hydrogen-bond acceptors (Lipinski definition) is 2. The molecule has 0 bridgehead atoms. The van der Waals surface area contributed by atoms with Crippen LogP contribution < -0.4 is 0 Å². The number of nitrogens with zero attached hydrogens (tertiary/aromatic N) is 1. The monoisotopic (exact) mass is 422 g/mol. The van der Waals surface area contributed by atoms with E-state index in [9.17, 15) is 4.79 Å². The zero-order chi connectivity index (χ0) is 22.1. The van der Waals surface area contributed by atoms with Crippen molar-refractivity contribution in [2.75, 3.05) is 6.54 Å². The number of aromatic nitrogens is 1. The van der Waals surface area contributed by atoms with Crippen LogP contribution in [-0.2, 0) is 11.2 Å². The molecule has 2 N–H and O–H groups in total. The molecule has 6 heteroatoms. The van der Waals surface area contributed by atoms with Crippen molar-refractivity contribution in [3.63, 3.8) is 0 Å². The van der Waals surface area contributed by atoms with Gasteiger partial charge in [0.2, 0.25) is 0 Å². The number of carboxylic acid groups (broad SMARTS) is 1. The Morgan fingerprint density at radius 2 is 2.00 bits per heavy atom. The summed E-state index contributed by atoms with van der Waals surface area (Å²) in [6.07, 6.45) is 5.32. The molecule has 0 aliphatic carbocycles. The third kappa shape index (κ3) is 3.91.